The number of amides is 3. The van der Waals surface area contributed by atoms with E-state index in [1.165, 1.54) is 6.42 Å². The first kappa shape index (κ1) is 35.3. The van der Waals surface area contributed by atoms with Gasteiger partial charge in [-0.05, 0) is 37.4 Å². The first-order valence-corrected chi connectivity index (χ1v) is 15.5. The molecule has 3 amide bonds. The zero-order valence-corrected chi connectivity index (χ0v) is 25.8. The molecule has 1 aromatic carbocycles. The van der Waals surface area contributed by atoms with Gasteiger partial charge in [0.05, 0.1) is 24.6 Å². The van der Waals surface area contributed by atoms with E-state index >= 15 is 0 Å². The molecule has 1 saturated carbocycles. The number of terminal acetylenes is 1. The molecule has 4 N–H and O–H groups in total. The maximum absolute atomic E-state index is 13.3. The summed E-state index contributed by atoms with van der Waals surface area (Å²) in [5.41, 5.74) is 0.930. The number of nitrogens with one attached hydrogen (secondary N) is 2. The minimum atomic E-state index is -1.21. The van der Waals surface area contributed by atoms with E-state index in [0.717, 1.165) is 50.9 Å². The molecule has 0 unspecified atom stereocenters. The average molecular weight is 585 g/mol. The molecule has 0 saturated heterocycles. The Kier molecular flexibility index (Phi) is 16.2. The van der Waals surface area contributed by atoms with Crippen molar-refractivity contribution in [3.8, 4) is 12.3 Å². The van der Waals surface area contributed by atoms with Gasteiger partial charge in [0, 0.05) is 33.0 Å². The highest BCUT2D eigenvalue weighted by Crippen LogP contribution is 2.28. The molecule has 9 nitrogen and oxygen atoms in total. The number of hydrogen-bond acceptors (Lipinski definition) is 6. The number of rotatable bonds is 18. The fourth-order valence-corrected chi connectivity index (χ4v) is 5.62. The second-order valence-electron chi connectivity index (χ2n) is 11.5. The Morgan fingerprint density at radius 1 is 1.05 bits per heavy atom. The Morgan fingerprint density at radius 2 is 1.71 bits per heavy atom. The zero-order chi connectivity index (χ0) is 30.9. The lowest BCUT2D eigenvalue weighted by atomic mass is 9.83. The molecule has 0 bridgehead atoms. The van der Waals surface area contributed by atoms with E-state index in [9.17, 15) is 24.6 Å². The average Bonchev–Trinajstić information content (AvgIpc) is 3.00. The predicted molar refractivity (Wildman–Crippen MR) is 165 cm³/mol. The van der Waals surface area contributed by atoms with E-state index in [0.29, 0.717) is 25.3 Å². The van der Waals surface area contributed by atoms with Crippen LogP contribution in [0.1, 0.15) is 70.8 Å². The molecule has 9 heteroatoms. The largest absolute Gasteiger partial charge is 0.389 e. The summed E-state index contributed by atoms with van der Waals surface area (Å²) in [5.74, 6) is 1.09. The van der Waals surface area contributed by atoms with Gasteiger partial charge in [0.2, 0.25) is 17.7 Å². The summed E-state index contributed by atoms with van der Waals surface area (Å²) in [5, 5.41) is 26.7. The molecule has 1 aliphatic carbocycles. The summed E-state index contributed by atoms with van der Waals surface area (Å²) in [6.45, 7) is 7.01. The number of nitrogens with zero attached hydrogens (tertiary/aromatic N) is 2. The topological polar surface area (TPSA) is 122 Å². The molecule has 234 valence electrons. The molecular formula is C33H52N4O5. The van der Waals surface area contributed by atoms with Crippen LogP contribution in [0.15, 0.2) is 30.3 Å². The highest BCUT2D eigenvalue weighted by atomic mass is 16.3. The molecule has 0 spiro atoms. The minimum absolute atomic E-state index is 0.0203. The lowest BCUT2D eigenvalue weighted by molar-refractivity contribution is -0.136. The van der Waals surface area contributed by atoms with Gasteiger partial charge in [0.15, 0.2) is 0 Å². The number of aliphatic hydroxyl groups excluding tert-OH is 2. The van der Waals surface area contributed by atoms with Crippen molar-refractivity contribution in [2.24, 2.45) is 11.8 Å². The van der Waals surface area contributed by atoms with E-state index in [1.54, 1.807) is 11.9 Å². The van der Waals surface area contributed by atoms with Crippen LogP contribution >= 0.6 is 0 Å². The first-order valence-electron chi connectivity index (χ1n) is 15.5. The first-order chi connectivity index (χ1) is 20.2. The van der Waals surface area contributed by atoms with Crippen LogP contribution in [0, 0.1) is 24.2 Å². The Morgan fingerprint density at radius 3 is 2.33 bits per heavy atom. The van der Waals surface area contributed by atoms with Crippen molar-refractivity contribution >= 4 is 17.7 Å². The van der Waals surface area contributed by atoms with Crippen LogP contribution in [0.2, 0.25) is 0 Å². The Labute approximate surface area is 252 Å². The molecule has 1 fully saturated rings. The van der Waals surface area contributed by atoms with Gasteiger partial charge in [-0.15, -0.1) is 12.3 Å². The van der Waals surface area contributed by atoms with Crippen LogP contribution in [-0.4, -0.2) is 95.8 Å². The van der Waals surface area contributed by atoms with Crippen molar-refractivity contribution in [3.63, 3.8) is 0 Å². The minimum Gasteiger partial charge on any atom is -0.389 e. The summed E-state index contributed by atoms with van der Waals surface area (Å²) in [6.07, 6.45) is 9.29. The van der Waals surface area contributed by atoms with E-state index in [4.69, 9.17) is 6.42 Å². The Hall–Kier alpha value is -2.93. The van der Waals surface area contributed by atoms with Gasteiger partial charge >= 0.3 is 0 Å². The van der Waals surface area contributed by atoms with Crippen molar-refractivity contribution in [2.75, 3.05) is 39.8 Å². The monoisotopic (exact) mass is 584 g/mol. The van der Waals surface area contributed by atoms with E-state index < -0.39 is 30.1 Å². The highest BCUT2D eigenvalue weighted by Gasteiger charge is 2.31. The number of carbonyl (C=O) groups is 3. The van der Waals surface area contributed by atoms with Crippen molar-refractivity contribution in [2.45, 2.75) is 89.9 Å². The molecule has 4 atom stereocenters. The number of aliphatic hydroxyl groups is 2. The third-order valence-corrected chi connectivity index (χ3v) is 8.40. The van der Waals surface area contributed by atoms with Gasteiger partial charge in [-0.1, -0.05) is 76.3 Å². The number of benzene rings is 1. The third-order valence-electron chi connectivity index (χ3n) is 8.40. The van der Waals surface area contributed by atoms with Crippen molar-refractivity contribution in [3.05, 3.63) is 35.9 Å². The SMILES string of the molecule is C#CC[C@H](O)[C@H](O)[C@H](CC1CCCCC1)NC(=O)CNC(=O)[C@@H](CC(=O)N(C)CCN(CC)CC)Cc1ccccc1. The van der Waals surface area contributed by atoms with Crippen LogP contribution in [0.4, 0.5) is 0 Å². The van der Waals surface area contributed by atoms with Gasteiger partial charge in [-0.3, -0.25) is 14.4 Å². The molecule has 1 aromatic rings. The van der Waals surface area contributed by atoms with E-state index in [2.05, 4.69) is 35.3 Å². The van der Waals surface area contributed by atoms with Crippen LogP contribution in [0.5, 0.6) is 0 Å². The molecule has 0 radical (unpaired) electrons. The summed E-state index contributed by atoms with van der Waals surface area (Å²) >= 11 is 0. The summed E-state index contributed by atoms with van der Waals surface area (Å²) < 4.78 is 0. The molecule has 42 heavy (non-hydrogen) atoms. The number of carbonyl (C=O) groups excluding carboxylic acids is 3. The van der Waals surface area contributed by atoms with Gasteiger partial charge in [0.1, 0.15) is 6.10 Å². The van der Waals surface area contributed by atoms with E-state index in [-0.39, 0.29) is 31.2 Å². The van der Waals surface area contributed by atoms with Crippen molar-refractivity contribution in [1.82, 2.24) is 20.4 Å². The van der Waals surface area contributed by atoms with Gasteiger partial charge < -0.3 is 30.6 Å². The van der Waals surface area contributed by atoms with Crippen LogP contribution in [0.25, 0.3) is 0 Å². The predicted octanol–water partition coefficient (Wildman–Crippen LogP) is 2.35. The van der Waals surface area contributed by atoms with Gasteiger partial charge in [-0.2, -0.15) is 0 Å². The summed E-state index contributed by atoms with van der Waals surface area (Å²) in [4.78, 5) is 43.3. The second kappa shape index (κ2) is 19.3. The molecule has 0 heterocycles. The second-order valence-corrected chi connectivity index (χ2v) is 11.5. The lowest BCUT2D eigenvalue weighted by Gasteiger charge is -2.32. The molecule has 2 rings (SSSR count). The fourth-order valence-electron chi connectivity index (χ4n) is 5.62. The molecular weight excluding hydrogens is 532 g/mol. The van der Waals surface area contributed by atoms with Crippen LogP contribution < -0.4 is 10.6 Å². The van der Waals surface area contributed by atoms with Crippen molar-refractivity contribution in [1.29, 1.82) is 0 Å². The lowest BCUT2D eigenvalue weighted by Crippen LogP contribution is -2.52. The van der Waals surface area contributed by atoms with Crippen LogP contribution in [0.3, 0.4) is 0 Å². The van der Waals surface area contributed by atoms with Crippen LogP contribution in [-0.2, 0) is 20.8 Å². The summed E-state index contributed by atoms with van der Waals surface area (Å²) in [6, 6.07) is 8.83. The molecule has 1 aliphatic rings. The highest BCUT2D eigenvalue weighted by molar-refractivity contribution is 5.89. The molecule has 0 aromatic heterocycles. The van der Waals surface area contributed by atoms with E-state index in [1.807, 2.05) is 30.3 Å². The number of likely N-dealkylation sites (N-methyl/N-ethyl adjacent to an activating group) is 2. The fraction of sp³-hybridized carbons (Fsp3) is 0.667. The maximum atomic E-state index is 13.3. The standard InChI is InChI=1S/C33H52N4O5/c1-5-14-29(38)32(41)28(22-26-17-12-9-13-18-26)35-30(39)24-34-33(42)27(21-25-15-10-8-11-16-25)23-31(40)36(4)19-20-37(6-2)7-3/h1,8,10-11,15-16,26-29,32,38,41H,6-7,9,12-14,17-24H2,2-4H3,(H,34,42)(H,35,39)/t27-,28+,29+,32-/m1/s1. The Bertz CT molecular complexity index is 988. The maximum Gasteiger partial charge on any atom is 0.239 e. The molecule has 0 aliphatic heterocycles. The quantitative estimate of drug-likeness (QED) is 0.197. The zero-order valence-electron chi connectivity index (χ0n) is 25.8. The third kappa shape index (κ3) is 12.5. The number of hydrogen-bond donors (Lipinski definition) is 4. The van der Waals surface area contributed by atoms with Gasteiger partial charge in [0.25, 0.3) is 0 Å². The normalized spacial score (nSPS) is 16.6. The van der Waals surface area contributed by atoms with Crippen molar-refractivity contribution < 1.29 is 24.6 Å². The smallest absolute Gasteiger partial charge is 0.239 e. The van der Waals surface area contributed by atoms with Gasteiger partial charge in [-0.25, -0.2) is 0 Å². The summed E-state index contributed by atoms with van der Waals surface area (Å²) in [7, 11) is 1.75. The Balaban J connectivity index is 2.03.